The van der Waals surface area contributed by atoms with Gasteiger partial charge in [0.05, 0.1) is 29.0 Å². The van der Waals surface area contributed by atoms with Gasteiger partial charge in [0.1, 0.15) is 0 Å². The number of ether oxygens (including phenoxy) is 1. The highest BCUT2D eigenvalue weighted by Crippen LogP contribution is 2.34. The van der Waals surface area contributed by atoms with Crippen molar-refractivity contribution < 1.29 is 9.53 Å². The van der Waals surface area contributed by atoms with Crippen molar-refractivity contribution in [2.24, 2.45) is 0 Å². The lowest BCUT2D eigenvalue weighted by molar-refractivity contribution is 0.0376. The summed E-state index contributed by atoms with van der Waals surface area (Å²) < 4.78 is 6.62. The molecule has 0 unspecified atom stereocenters. The van der Waals surface area contributed by atoms with Crippen LogP contribution in [0.25, 0.3) is 10.2 Å². The normalized spacial score (nSPS) is 14.8. The van der Waals surface area contributed by atoms with Gasteiger partial charge in [-0.05, 0) is 49.8 Å². The first-order valence-corrected chi connectivity index (χ1v) is 12.7. The fourth-order valence-electron chi connectivity index (χ4n) is 3.89. The summed E-state index contributed by atoms with van der Waals surface area (Å²) >= 11 is 3.23. The largest absolute Gasteiger partial charge is 0.379 e. The maximum absolute atomic E-state index is 13.7. The number of amides is 1. The summed E-state index contributed by atoms with van der Waals surface area (Å²) in [5.41, 5.74) is 4.10. The second-order valence-electron chi connectivity index (χ2n) is 7.84. The summed E-state index contributed by atoms with van der Waals surface area (Å²) in [7, 11) is 0. The average molecular weight is 456 g/mol. The third-order valence-corrected chi connectivity index (χ3v) is 7.71. The number of carbonyl (C=O) groups is 1. The van der Waals surface area contributed by atoms with Gasteiger partial charge >= 0.3 is 0 Å². The van der Waals surface area contributed by atoms with Crippen molar-refractivity contribution in [1.29, 1.82) is 0 Å². The molecule has 0 saturated carbocycles. The van der Waals surface area contributed by atoms with Crippen LogP contribution in [0.5, 0.6) is 0 Å². The predicted octanol–water partition coefficient (Wildman–Crippen LogP) is 5.00. The molecule has 1 fully saturated rings. The van der Waals surface area contributed by atoms with Gasteiger partial charge in [-0.2, -0.15) is 0 Å². The number of nitrogens with zero attached hydrogens (tertiary/aromatic N) is 3. The fraction of sp³-hybridized carbons (Fsp3) is 0.417. The van der Waals surface area contributed by atoms with Crippen LogP contribution in [0.2, 0.25) is 0 Å². The summed E-state index contributed by atoms with van der Waals surface area (Å²) in [6, 6.07) is 12.1. The topological polar surface area (TPSA) is 45.7 Å². The van der Waals surface area contributed by atoms with Crippen LogP contribution in [0, 0.1) is 13.8 Å². The molecule has 4 rings (SSSR count). The Morgan fingerprint density at radius 1 is 1.16 bits per heavy atom. The number of benzene rings is 2. The number of aryl methyl sites for hydroxylation is 2. The SMILES string of the molecule is CSc1ccccc1C(=O)N(CCCN1CCOCC1)c1nc2c(C)ccc(C)c2s1. The lowest BCUT2D eigenvalue weighted by atomic mass is 10.1. The number of anilines is 1. The Morgan fingerprint density at radius 2 is 1.90 bits per heavy atom. The Morgan fingerprint density at radius 3 is 2.65 bits per heavy atom. The van der Waals surface area contributed by atoms with Gasteiger partial charge in [-0.15, -0.1) is 11.8 Å². The minimum absolute atomic E-state index is 0.0290. The van der Waals surface area contributed by atoms with Crippen LogP contribution in [0.15, 0.2) is 41.3 Å². The number of carbonyl (C=O) groups excluding carboxylic acids is 1. The van der Waals surface area contributed by atoms with E-state index in [1.54, 1.807) is 23.1 Å². The zero-order chi connectivity index (χ0) is 21.8. The molecule has 0 aliphatic carbocycles. The Kier molecular flexibility index (Phi) is 7.27. The van der Waals surface area contributed by atoms with E-state index in [9.17, 15) is 4.79 Å². The Labute approximate surface area is 192 Å². The van der Waals surface area contributed by atoms with E-state index in [1.165, 1.54) is 10.3 Å². The molecule has 0 bridgehead atoms. The van der Waals surface area contributed by atoms with Crippen molar-refractivity contribution in [2.45, 2.75) is 25.2 Å². The molecular formula is C24H29N3O2S2. The van der Waals surface area contributed by atoms with E-state index in [4.69, 9.17) is 9.72 Å². The van der Waals surface area contributed by atoms with Crippen LogP contribution in [-0.2, 0) is 4.74 Å². The van der Waals surface area contributed by atoms with E-state index >= 15 is 0 Å². The fourth-order valence-corrected chi connectivity index (χ4v) is 5.62. The lowest BCUT2D eigenvalue weighted by Gasteiger charge is -2.28. The van der Waals surface area contributed by atoms with Crippen molar-refractivity contribution in [2.75, 3.05) is 50.5 Å². The number of hydrogen-bond donors (Lipinski definition) is 0. The molecule has 5 nitrogen and oxygen atoms in total. The first-order valence-electron chi connectivity index (χ1n) is 10.7. The van der Waals surface area contributed by atoms with E-state index in [1.807, 2.05) is 35.4 Å². The lowest BCUT2D eigenvalue weighted by Crippen LogP contribution is -2.39. The van der Waals surface area contributed by atoms with E-state index in [-0.39, 0.29) is 5.91 Å². The van der Waals surface area contributed by atoms with Crippen molar-refractivity contribution in [1.82, 2.24) is 9.88 Å². The van der Waals surface area contributed by atoms with Crippen LogP contribution < -0.4 is 4.90 Å². The Balaban J connectivity index is 1.64. The van der Waals surface area contributed by atoms with E-state index < -0.39 is 0 Å². The van der Waals surface area contributed by atoms with E-state index in [0.717, 1.165) is 65.9 Å². The summed E-state index contributed by atoms with van der Waals surface area (Å²) in [6.45, 7) is 9.30. The molecule has 31 heavy (non-hydrogen) atoms. The molecule has 1 saturated heterocycles. The second kappa shape index (κ2) is 10.1. The smallest absolute Gasteiger partial charge is 0.261 e. The van der Waals surface area contributed by atoms with E-state index in [0.29, 0.717) is 6.54 Å². The number of thioether (sulfide) groups is 1. The van der Waals surface area contributed by atoms with Gasteiger partial charge in [0.25, 0.3) is 5.91 Å². The maximum Gasteiger partial charge on any atom is 0.261 e. The highest BCUT2D eigenvalue weighted by atomic mass is 32.2. The number of morpholine rings is 1. The molecule has 0 spiro atoms. The molecular weight excluding hydrogens is 426 g/mol. The zero-order valence-electron chi connectivity index (χ0n) is 18.4. The van der Waals surface area contributed by atoms with Crippen LogP contribution in [0.4, 0.5) is 5.13 Å². The van der Waals surface area contributed by atoms with Crippen molar-refractivity contribution in [3.05, 3.63) is 53.1 Å². The highest BCUT2D eigenvalue weighted by molar-refractivity contribution is 7.98. The monoisotopic (exact) mass is 455 g/mol. The summed E-state index contributed by atoms with van der Waals surface area (Å²) in [4.78, 5) is 23.9. The first kappa shape index (κ1) is 22.3. The molecule has 3 aromatic rings. The van der Waals surface area contributed by atoms with Crippen molar-refractivity contribution in [3.8, 4) is 0 Å². The zero-order valence-corrected chi connectivity index (χ0v) is 20.0. The van der Waals surface area contributed by atoms with Gasteiger partial charge in [0, 0.05) is 31.1 Å². The van der Waals surface area contributed by atoms with Gasteiger partial charge in [-0.3, -0.25) is 14.6 Å². The third kappa shape index (κ3) is 4.95. The number of hydrogen-bond acceptors (Lipinski definition) is 6. The second-order valence-corrected chi connectivity index (χ2v) is 9.66. The number of aromatic nitrogens is 1. The van der Waals surface area contributed by atoms with Crippen LogP contribution in [-0.4, -0.2) is 61.4 Å². The number of fused-ring (bicyclic) bond motifs is 1. The minimum Gasteiger partial charge on any atom is -0.379 e. The molecule has 0 atom stereocenters. The molecule has 7 heteroatoms. The summed E-state index contributed by atoms with van der Waals surface area (Å²) in [5, 5.41) is 0.787. The molecule has 1 aliphatic rings. The molecule has 1 aromatic heterocycles. The highest BCUT2D eigenvalue weighted by Gasteiger charge is 2.24. The quantitative estimate of drug-likeness (QED) is 0.469. The van der Waals surface area contributed by atoms with Gasteiger partial charge < -0.3 is 4.74 Å². The molecule has 164 valence electrons. The molecule has 1 aliphatic heterocycles. The van der Waals surface area contributed by atoms with Gasteiger partial charge in [0.2, 0.25) is 0 Å². The van der Waals surface area contributed by atoms with E-state index in [2.05, 4.69) is 30.9 Å². The first-order chi connectivity index (χ1) is 15.1. The number of rotatable bonds is 7. The molecule has 2 aromatic carbocycles. The third-order valence-electron chi connectivity index (χ3n) is 5.70. The van der Waals surface area contributed by atoms with Crippen LogP contribution >= 0.6 is 23.1 Å². The number of thiazole rings is 1. The minimum atomic E-state index is 0.0290. The van der Waals surface area contributed by atoms with Crippen LogP contribution in [0.3, 0.4) is 0 Å². The van der Waals surface area contributed by atoms with Gasteiger partial charge in [-0.25, -0.2) is 4.98 Å². The van der Waals surface area contributed by atoms with Crippen molar-refractivity contribution in [3.63, 3.8) is 0 Å². The maximum atomic E-state index is 13.7. The molecule has 0 radical (unpaired) electrons. The molecule has 2 heterocycles. The predicted molar refractivity (Wildman–Crippen MR) is 131 cm³/mol. The van der Waals surface area contributed by atoms with Crippen molar-refractivity contribution >= 4 is 44.4 Å². The summed E-state index contributed by atoms with van der Waals surface area (Å²) in [5.74, 6) is 0.0290. The molecule has 1 amide bonds. The van der Waals surface area contributed by atoms with Gasteiger partial charge in [0.15, 0.2) is 5.13 Å². The average Bonchev–Trinajstić information content (AvgIpc) is 3.26. The standard InChI is InChI=1S/C24H29N3O2S2/c1-17-9-10-18(2)22-21(17)25-24(31-22)27(12-6-11-26-13-15-29-16-14-26)23(28)19-7-4-5-8-20(19)30-3/h4-5,7-10H,6,11-16H2,1-3H3. The molecule has 0 N–H and O–H groups in total. The Hall–Kier alpha value is -1.93. The van der Waals surface area contributed by atoms with Gasteiger partial charge in [-0.1, -0.05) is 35.6 Å². The van der Waals surface area contributed by atoms with Crippen LogP contribution in [0.1, 0.15) is 27.9 Å². The summed E-state index contributed by atoms with van der Waals surface area (Å²) in [6.07, 6.45) is 2.92. The Bertz CT molecular complexity index is 1020.